The molecule has 120 valence electrons. The maximum absolute atomic E-state index is 12.3. The molecule has 3 atom stereocenters. The molecule has 0 aromatic carbocycles. The number of esters is 1. The largest absolute Gasteiger partial charge is 0.455 e. The third kappa shape index (κ3) is 3.35. The molecule has 0 radical (unpaired) electrons. The molecule has 0 amide bonds. The maximum atomic E-state index is 12.3. The van der Waals surface area contributed by atoms with Gasteiger partial charge in [-0.1, -0.05) is 46.1 Å². The molecule has 2 aliphatic rings. The standard InChI is InChI=1S/C19H32O2/c1-5-15(4)17-12-8-9-13-19(17,16-10-6-7-11-16)21-18(20)14(2)3/h15-17H,2,5-13H2,1,3-4H3. The third-order valence-corrected chi connectivity index (χ3v) is 5.97. The quantitative estimate of drug-likeness (QED) is 0.509. The van der Waals surface area contributed by atoms with Crippen LogP contribution in [0.25, 0.3) is 0 Å². The SMILES string of the molecule is C=C(C)C(=O)OC1(C2CCCC2)CCCCC1C(C)CC. The average Bonchev–Trinajstić information content (AvgIpc) is 3.01. The predicted octanol–water partition coefficient (Wildman–Crippen LogP) is 5.27. The number of ether oxygens (including phenoxy) is 1. The Morgan fingerprint density at radius 3 is 2.43 bits per heavy atom. The van der Waals surface area contributed by atoms with E-state index >= 15 is 0 Å². The fraction of sp³-hybridized carbons (Fsp3) is 0.842. The monoisotopic (exact) mass is 292 g/mol. The first-order valence-corrected chi connectivity index (χ1v) is 8.90. The maximum Gasteiger partial charge on any atom is 0.333 e. The summed E-state index contributed by atoms with van der Waals surface area (Å²) in [5.41, 5.74) is 0.334. The molecular formula is C19H32O2. The molecule has 2 rings (SSSR count). The van der Waals surface area contributed by atoms with Crippen molar-refractivity contribution in [1.82, 2.24) is 0 Å². The Hall–Kier alpha value is -0.790. The Kier molecular flexibility index (Phi) is 5.51. The van der Waals surface area contributed by atoms with E-state index in [1.54, 1.807) is 6.92 Å². The first-order chi connectivity index (χ1) is 10.0. The molecule has 0 bridgehead atoms. The van der Waals surface area contributed by atoms with E-state index in [2.05, 4.69) is 20.4 Å². The van der Waals surface area contributed by atoms with E-state index in [9.17, 15) is 4.79 Å². The third-order valence-electron chi connectivity index (χ3n) is 5.97. The number of carbonyl (C=O) groups excluding carboxylic acids is 1. The zero-order valence-electron chi connectivity index (χ0n) is 14.1. The number of hydrogen-bond donors (Lipinski definition) is 0. The van der Waals surface area contributed by atoms with Crippen molar-refractivity contribution >= 4 is 5.97 Å². The van der Waals surface area contributed by atoms with E-state index in [1.807, 2.05) is 0 Å². The second-order valence-electron chi connectivity index (χ2n) is 7.34. The van der Waals surface area contributed by atoms with Crippen LogP contribution in [0.2, 0.25) is 0 Å². The first-order valence-electron chi connectivity index (χ1n) is 8.90. The van der Waals surface area contributed by atoms with Crippen LogP contribution in [-0.4, -0.2) is 11.6 Å². The molecule has 0 heterocycles. The molecule has 21 heavy (non-hydrogen) atoms. The second-order valence-corrected chi connectivity index (χ2v) is 7.34. The molecule has 0 spiro atoms. The highest BCUT2D eigenvalue weighted by Gasteiger charge is 2.51. The van der Waals surface area contributed by atoms with E-state index in [0.717, 1.165) is 6.42 Å². The molecule has 2 nitrogen and oxygen atoms in total. The van der Waals surface area contributed by atoms with Crippen molar-refractivity contribution in [2.45, 2.75) is 84.2 Å². The van der Waals surface area contributed by atoms with Crippen LogP contribution in [0.4, 0.5) is 0 Å². The van der Waals surface area contributed by atoms with E-state index in [1.165, 1.54) is 51.4 Å². The van der Waals surface area contributed by atoms with Gasteiger partial charge in [-0.3, -0.25) is 0 Å². The lowest BCUT2D eigenvalue weighted by molar-refractivity contribution is -0.182. The van der Waals surface area contributed by atoms with Crippen molar-refractivity contribution in [3.63, 3.8) is 0 Å². The van der Waals surface area contributed by atoms with Gasteiger partial charge in [-0.2, -0.15) is 0 Å². The highest BCUT2D eigenvalue weighted by atomic mass is 16.6. The minimum atomic E-state index is -0.208. The van der Waals surface area contributed by atoms with Gasteiger partial charge >= 0.3 is 5.97 Å². The van der Waals surface area contributed by atoms with E-state index < -0.39 is 0 Å². The highest BCUT2D eigenvalue weighted by molar-refractivity contribution is 5.87. The molecule has 2 saturated carbocycles. The second kappa shape index (κ2) is 6.98. The molecule has 0 aromatic rings. The summed E-state index contributed by atoms with van der Waals surface area (Å²) in [4.78, 5) is 12.3. The van der Waals surface area contributed by atoms with Crippen molar-refractivity contribution in [3.8, 4) is 0 Å². The van der Waals surface area contributed by atoms with Gasteiger partial charge in [0.25, 0.3) is 0 Å². The number of carbonyl (C=O) groups is 1. The molecule has 3 unspecified atom stereocenters. The van der Waals surface area contributed by atoms with Crippen molar-refractivity contribution in [2.75, 3.05) is 0 Å². The topological polar surface area (TPSA) is 26.3 Å². The fourth-order valence-electron chi connectivity index (χ4n) is 4.64. The Bertz CT molecular complexity index is 381. The molecule has 2 aliphatic carbocycles. The average molecular weight is 292 g/mol. The summed E-state index contributed by atoms with van der Waals surface area (Å²) in [6, 6.07) is 0. The number of rotatable bonds is 5. The van der Waals surface area contributed by atoms with Crippen LogP contribution in [0.1, 0.15) is 78.6 Å². The molecule has 0 aliphatic heterocycles. The molecule has 0 saturated heterocycles. The van der Waals surface area contributed by atoms with Crippen LogP contribution in [0, 0.1) is 17.8 Å². The van der Waals surface area contributed by atoms with Gasteiger partial charge in [0.1, 0.15) is 5.60 Å². The van der Waals surface area contributed by atoms with Gasteiger partial charge in [-0.05, 0) is 50.9 Å². The summed E-state index contributed by atoms with van der Waals surface area (Å²) in [5.74, 6) is 1.56. The summed E-state index contributed by atoms with van der Waals surface area (Å²) in [7, 11) is 0. The van der Waals surface area contributed by atoms with E-state index in [0.29, 0.717) is 23.3 Å². The van der Waals surface area contributed by atoms with Crippen LogP contribution in [0.15, 0.2) is 12.2 Å². The molecule has 0 N–H and O–H groups in total. The lowest BCUT2D eigenvalue weighted by Crippen LogP contribution is -2.52. The smallest absolute Gasteiger partial charge is 0.333 e. The summed E-state index contributed by atoms with van der Waals surface area (Å²) < 4.78 is 6.22. The van der Waals surface area contributed by atoms with Crippen molar-refractivity contribution in [1.29, 1.82) is 0 Å². The fourth-order valence-corrected chi connectivity index (χ4v) is 4.64. The van der Waals surface area contributed by atoms with Crippen molar-refractivity contribution < 1.29 is 9.53 Å². The van der Waals surface area contributed by atoms with Crippen molar-refractivity contribution in [2.24, 2.45) is 17.8 Å². The Morgan fingerprint density at radius 2 is 1.86 bits per heavy atom. The van der Waals surface area contributed by atoms with Gasteiger partial charge in [0.05, 0.1) is 0 Å². The Morgan fingerprint density at radius 1 is 1.24 bits per heavy atom. The first kappa shape index (κ1) is 16.6. The molecular weight excluding hydrogens is 260 g/mol. The summed E-state index contributed by atoms with van der Waals surface area (Å²) >= 11 is 0. The minimum absolute atomic E-state index is 0.169. The Labute approximate surface area is 130 Å². The van der Waals surface area contributed by atoms with Crippen LogP contribution in [-0.2, 0) is 9.53 Å². The summed E-state index contributed by atoms with van der Waals surface area (Å²) in [6.07, 6.45) is 11.0. The summed E-state index contributed by atoms with van der Waals surface area (Å²) in [5, 5.41) is 0. The molecule has 2 heteroatoms. The lowest BCUT2D eigenvalue weighted by Gasteiger charge is -2.49. The van der Waals surface area contributed by atoms with Crippen LogP contribution in [0.5, 0.6) is 0 Å². The normalized spacial score (nSPS) is 31.9. The predicted molar refractivity (Wildman–Crippen MR) is 87.0 cm³/mol. The number of hydrogen-bond acceptors (Lipinski definition) is 2. The van der Waals surface area contributed by atoms with Crippen LogP contribution in [0.3, 0.4) is 0 Å². The molecule has 2 fully saturated rings. The highest BCUT2D eigenvalue weighted by Crippen LogP contribution is 2.51. The lowest BCUT2D eigenvalue weighted by atomic mass is 9.63. The van der Waals surface area contributed by atoms with Crippen molar-refractivity contribution in [3.05, 3.63) is 12.2 Å². The summed E-state index contributed by atoms with van der Waals surface area (Å²) in [6.45, 7) is 10.2. The van der Waals surface area contributed by atoms with Gasteiger partial charge in [-0.25, -0.2) is 4.79 Å². The van der Waals surface area contributed by atoms with E-state index in [-0.39, 0.29) is 11.6 Å². The van der Waals surface area contributed by atoms with Gasteiger partial charge in [0.2, 0.25) is 0 Å². The van der Waals surface area contributed by atoms with Gasteiger partial charge in [0.15, 0.2) is 0 Å². The van der Waals surface area contributed by atoms with E-state index in [4.69, 9.17) is 4.74 Å². The van der Waals surface area contributed by atoms with Gasteiger partial charge < -0.3 is 4.74 Å². The molecule has 0 aromatic heterocycles. The van der Waals surface area contributed by atoms with Gasteiger partial charge in [0, 0.05) is 11.5 Å². The zero-order chi connectivity index (χ0) is 15.5. The minimum Gasteiger partial charge on any atom is -0.455 e. The zero-order valence-corrected chi connectivity index (χ0v) is 14.1. The van der Waals surface area contributed by atoms with Gasteiger partial charge in [-0.15, -0.1) is 0 Å². The Balaban J connectivity index is 2.31. The van der Waals surface area contributed by atoms with Crippen LogP contribution >= 0.6 is 0 Å². The van der Waals surface area contributed by atoms with Crippen LogP contribution < -0.4 is 0 Å².